The van der Waals surface area contributed by atoms with Crippen LogP contribution >= 0.6 is 0 Å². The van der Waals surface area contributed by atoms with Gasteiger partial charge in [-0.1, -0.05) is 51.5 Å². The Bertz CT molecular complexity index is 598. The molecule has 0 spiro atoms. The van der Waals surface area contributed by atoms with E-state index in [0.29, 0.717) is 6.42 Å². The van der Waals surface area contributed by atoms with Crippen LogP contribution in [0.25, 0.3) is 0 Å². The average molecular weight is 342 g/mol. The van der Waals surface area contributed by atoms with Crippen LogP contribution in [0.3, 0.4) is 0 Å². The second-order valence-corrected chi connectivity index (χ2v) is 8.67. The van der Waals surface area contributed by atoms with Gasteiger partial charge in [0.15, 0.2) is 0 Å². The van der Waals surface area contributed by atoms with E-state index in [1.54, 1.807) is 12.1 Å². The molecular weight excluding hydrogens is 315 g/mol. The first-order chi connectivity index (χ1) is 10.6. The van der Waals surface area contributed by atoms with Crippen LogP contribution in [0.4, 0.5) is 4.39 Å². The van der Waals surface area contributed by atoms with Gasteiger partial charge in [-0.05, 0) is 48.3 Å². The van der Waals surface area contributed by atoms with E-state index in [1.165, 1.54) is 12.1 Å². The van der Waals surface area contributed by atoms with E-state index < -0.39 is 10.1 Å². The molecule has 1 N–H and O–H groups in total. The Hall–Kier alpha value is -1.20. The Morgan fingerprint density at radius 1 is 1.17 bits per heavy atom. The van der Waals surface area contributed by atoms with Crippen molar-refractivity contribution >= 4 is 10.1 Å². The monoisotopic (exact) mass is 342 g/mol. The van der Waals surface area contributed by atoms with Crippen LogP contribution in [-0.2, 0) is 16.5 Å². The summed E-state index contributed by atoms with van der Waals surface area (Å²) in [4.78, 5) is 0. The highest BCUT2D eigenvalue weighted by Crippen LogP contribution is 2.22. The van der Waals surface area contributed by atoms with Crippen LogP contribution in [0.5, 0.6) is 0 Å². The normalized spacial score (nSPS) is 14.3. The summed E-state index contributed by atoms with van der Waals surface area (Å²) in [5.41, 5.74) is 1.14. The number of rotatable bonds is 8. The fraction of sp³-hybridized carbons (Fsp3) is 0.556. The summed E-state index contributed by atoms with van der Waals surface area (Å²) in [6, 6.07) is 6.48. The predicted molar refractivity (Wildman–Crippen MR) is 92.5 cm³/mol. The van der Waals surface area contributed by atoms with Gasteiger partial charge in [0.25, 0.3) is 10.1 Å². The van der Waals surface area contributed by atoms with Gasteiger partial charge in [-0.3, -0.25) is 4.55 Å². The maximum absolute atomic E-state index is 13.0. The van der Waals surface area contributed by atoms with Gasteiger partial charge in [-0.25, -0.2) is 4.39 Å². The topological polar surface area (TPSA) is 54.4 Å². The largest absolute Gasteiger partial charge is 0.286 e. The second kappa shape index (κ2) is 8.60. The van der Waals surface area contributed by atoms with Gasteiger partial charge in [0.05, 0.1) is 5.75 Å². The van der Waals surface area contributed by atoms with Crippen LogP contribution in [0.2, 0.25) is 0 Å². The number of hydrogen-bond acceptors (Lipinski definition) is 2. The first-order valence-corrected chi connectivity index (χ1v) is 9.55. The summed E-state index contributed by atoms with van der Waals surface area (Å²) >= 11 is 0. The summed E-state index contributed by atoms with van der Waals surface area (Å²) in [5, 5.41) is 0. The SMILES string of the molecule is CC(C)(C)C=CC(CCCCS(=O)(=O)O)Cc1ccc(F)cc1. The standard InChI is InChI=1S/C18H27FO3S/c1-18(2,3)12-11-15(6-4-5-13-23(20,21)22)14-16-7-9-17(19)10-8-16/h7-12,15H,4-6,13-14H2,1-3H3,(H,20,21,22). The van der Waals surface area contributed by atoms with Gasteiger partial charge in [0.1, 0.15) is 5.82 Å². The molecule has 0 aliphatic rings. The van der Waals surface area contributed by atoms with Gasteiger partial charge in [0.2, 0.25) is 0 Å². The zero-order valence-electron chi connectivity index (χ0n) is 14.1. The molecule has 0 saturated heterocycles. The number of halogens is 1. The number of benzene rings is 1. The van der Waals surface area contributed by atoms with Crippen LogP contribution in [0, 0.1) is 17.2 Å². The minimum Gasteiger partial charge on any atom is -0.286 e. The molecule has 0 amide bonds. The molecule has 0 fully saturated rings. The molecule has 0 bridgehead atoms. The van der Waals surface area contributed by atoms with Gasteiger partial charge in [0, 0.05) is 0 Å². The van der Waals surface area contributed by atoms with Crippen molar-refractivity contribution in [1.29, 1.82) is 0 Å². The van der Waals surface area contributed by atoms with E-state index in [0.717, 1.165) is 24.8 Å². The molecule has 0 aliphatic carbocycles. The van der Waals surface area contributed by atoms with E-state index in [2.05, 4.69) is 32.9 Å². The van der Waals surface area contributed by atoms with E-state index in [4.69, 9.17) is 4.55 Å². The van der Waals surface area contributed by atoms with Crippen molar-refractivity contribution in [3.63, 3.8) is 0 Å². The van der Waals surface area contributed by atoms with Crippen molar-refractivity contribution in [2.45, 2.75) is 46.5 Å². The zero-order chi connectivity index (χ0) is 17.5. The van der Waals surface area contributed by atoms with Crippen LogP contribution in [0.15, 0.2) is 36.4 Å². The molecule has 23 heavy (non-hydrogen) atoms. The average Bonchev–Trinajstić information content (AvgIpc) is 2.41. The van der Waals surface area contributed by atoms with Crippen molar-refractivity contribution < 1.29 is 17.4 Å². The van der Waals surface area contributed by atoms with Crippen LogP contribution in [0.1, 0.15) is 45.6 Å². The Morgan fingerprint density at radius 3 is 2.30 bits per heavy atom. The summed E-state index contributed by atoms with van der Waals surface area (Å²) in [5.74, 6) is -0.177. The molecule has 1 unspecified atom stereocenters. The molecule has 1 aromatic carbocycles. The molecule has 0 radical (unpaired) electrons. The quantitative estimate of drug-likeness (QED) is 0.425. The van der Waals surface area contributed by atoms with Gasteiger partial charge >= 0.3 is 0 Å². The molecule has 1 rings (SSSR count). The highest BCUT2D eigenvalue weighted by Gasteiger charge is 2.11. The smallest absolute Gasteiger partial charge is 0.264 e. The fourth-order valence-electron chi connectivity index (χ4n) is 2.31. The predicted octanol–water partition coefficient (Wildman–Crippen LogP) is 4.64. The molecule has 1 atom stereocenters. The highest BCUT2D eigenvalue weighted by molar-refractivity contribution is 7.85. The minimum absolute atomic E-state index is 0.0789. The number of unbranched alkanes of at least 4 members (excludes halogenated alkanes) is 1. The van der Waals surface area contributed by atoms with Crippen molar-refractivity contribution in [3.05, 3.63) is 47.8 Å². The second-order valence-electron chi connectivity index (χ2n) is 7.10. The lowest BCUT2D eigenvalue weighted by molar-refractivity contribution is 0.475. The molecule has 0 saturated carbocycles. The maximum Gasteiger partial charge on any atom is 0.264 e. The van der Waals surface area contributed by atoms with E-state index in [9.17, 15) is 12.8 Å². The molecule has 0 aromatic heterocycles. The molecule has 3 nitrogen and oxygen atoms in total. The van der Waals surface area contributed by atoms with Gasteiger partial charge in [-0.15, -0.1) is 0 Å². The molecule has 1 aromatic rings. The lowest BCUT2D eigenvalue weighted by Gasteiger charge is -2.17. The van der Waals surface area contributed by atoms with Crippen molar-refractivity contribution in [1.82, 2.24) is 0 Å². The van der Waals surface area contributed by atoms with Crippen molar-refractivity contribution in [3.8, 4) is 0 Å². The first kappa shape index (κ1) is 19.8. The third kappa shape index (κ3) is 10.2. The van der Waals surface area contributed by atoms with E-state index in [-0.39, 0.29) is 22.9 Å². The van der Waals surface area contributed by atoms with Crippen molar-refractivity contribution in [2.75, 3.05) is 5.75 Å². The molecule has 0 aliphatic heterocycles. The zero-order valence-corrected chi connectivity index (χ0v) is 14.9. The molecule has 0 heterocycles. The Kier molecular flexibility index (Phi) is 7.42. The van der Waals surface area contributed by atoms with Crippen LogP contribution in [-0.4, -0.2) is 18.7 Å². The van der Waals surface area contributed by atoms with E-state index in [1.807, 2.05) is 0 Å². The summed E-state index contributed by atoms with van der Waals surface area (Å²) in [6.45, 7) is 6.37. The van der Waals surface area contributed by atoms with Crippen molar-refractivity contribution in [2.24, 2.45) is 11.3 Å². The maximum atomic E-state index is 13.0. The number of hydrogen-bond donors (Lipinski definition) is 1. The Balaban J connectivity index is 2.65. The number of allylic oxidation sites excluding steroid dienone is 2. The first-order valence-electron chi connectivity index (χ1n) is 7.94. The van der Waals surface area contributed by atoms with E-state index >= 15 is 0 Å². The van der Waals surface area contributed by atoms with Crippen LogP contribution < -0.4 is 0 Å². The fourth-order valence-corrected chi connectivity index (χ4v) is 2.87. The van der Waals surface area contributed by atoms with Gasteiger partial charge in [-0.2, -0.15) is 8.42 Å². The minimum atomic E-state index is -3.88. The molecule has 130 valence electrons. The highest BCUT2D eigenvalue weighted by atomic mass is 32.2. The molecular formula is C18H27FO3S. The summed E-state index contributed by atoms with van der Waals surface area (Å²) < 4.78 is 43.3. The Morgan fingerprint density at radius 2 is 1.78 bits per heavy atom. The van der Waals surface area contributed by atoms with Gasteiger partial charge < -0.3 is 0 Å². The third-order valence-corrected chi connectivity index (χ3v) is 4.31. The summed E-state index contributed by atoms with van der Waals surface area (Å²) in [6.07, 6.45) is 7.11. The lowest BCUT2D eigenvalue weighted by atomic mass is 9.89. The third-order valence-electron chi connectivity index (χ3n) is 3.51. The Labute approximate surface area is 139 Å². The lowest BCUT2D eigenvalue weighted by Crippen LogP contribution is -2.07. The summed E-state index contributed by atoms with van der Waals surface area (Å²) in [7, 11) is -3.88. The molecule has 5 heteroatoms.